The topological polar surface area (TPSA) is 38.7 Å². The molecule has 3 heteroatoms. The third-order valence-corrected chi connectivity index (χ3v) is 5.36. The lowest BCUT2D eigenvalue weighted by Gasteiger charge is -2.26. The fourth-order valence-electron chi connectivity index (χ4n) is 3.58. The van der Waals surface area contributed by atoms with E-state index < -0.39 is 5.60 Å². The molecular formula is C33H26O3. The second-order valence-electron chi connectivity index (χ2n) is 7.95. The van der Waals surface area contributed by atoms with E-state index in [1.54, 1.807) is 6.08 Å². The molecule has 1 N–H and O–H groups in total. The van der Waals surface area contributed by atoms with Gasteiger partial charge in [0.2, 0.25) is 0 Å². The summed E-state index contributed by atoms with van der Waals surface area (Å²) in [6.45, 7) is 0.756. The normalized spacial score (nSPS) is 11.0. The van der Waals surface area contributed by atoms with Crippen LogP contribution in [0.15, 0.2) is 133 Å². The first-order valence-corrected chi connectivity index (χ1v) is 11.6. The Kier molecular flexibility index (Phi) is 8.73. The summed E-state index contributed by atoms with van der Waals surface area (Å²) in [5.74, 6) is 12.4. The van der Waals surface area contributed by atoms with Crippen LogP contribution in [-0.2, 0) is 16.9 Å². The van der Waals surface area contributed by atoms with Crippen LogP contribution < -0.4 is 4.74 Å². The number of ether oxygens (including phenoxy) is 2. The summed E-state index contributed by atoms with van der Waals surface area (Å²) >= 11 is 0. The quantitative estimate of drug-likeness (QED) is 0.192. The summed E-state index contributed by atoms with van der Waals surface area (Å²) in [5, 5.41) is 11.9. The summed E-state index contributed by atoms with van der Waals surface area (Å²) in [6, 6.07) is 38.2. The van der Waals surface area contributed by atoms with Crippen LogP contribution in [0.1, 0.15) is 16.7 Å². The molecule has 0 atom stereocenters. The smallest absolute Gasteiger partial charge is 0.177 e. The zero-order valence-electron chi connectivity index (χ0n) is 19.8. The molecule has 0 amide bonds. The van der Waals surface area contributed by atoms with Gasteiger partial charge >= 0.3 is 0 Å². The number of benzene rings is 4. The van der Waals surface area contributed by atoms with E-state index in [0.29, 0.717) is 23.5 Å². The van der Waals surface area contributed by atoms with Crippen molar-refractivity contribution in [3.05, 3.63) is 150 Å². The number of para-hydroxylation sites is 1. The molecule has 0 spiro atoms. The number of allylic oxidation sites excluding steroid dienone is 1. The molecule has 0 aromatic heterocycles. The maximum atomic E-state index is 11.9. The summed E-state index contributed by atoms with van der Waals surface area (Å²) in [4.78, 5) is 0. The van der Waals surface area contributed by atoms with Crippen LogP contribution >= 0.6 is 0 Å². The van der Waals surface area contributed by atoms with E-state index in [1.165, 1.54) is 0 Å². The largest absolute Gasteiger partial charge is 0.449 e. The Labute approximate surface area is 212 Å². The van der Waals surface area contributed by atoms with Gasteiger partial charge in [0.15, 0.2) is 5.76 Å². The van der Waals surface area contributed by atoms with Crippen molar-refractivity contribution in [1.82, 2.24) is 0 Å². The van der Waals surface area contributed by atoms with E-state index in [-0.39, 0.29) is 12.4 Å². The molecule has 4 rings (SSSR count). The van der Waals surface area contributed by atoms with Gasteiger partial charge in [-0.05, 0) is 46.6 Å². The van der Waals surface area contributed by atoms with Crippen molar-refractivity contribution in [2.45, 2.75) is 12.2 Å². The van der Waals surface area contributed by atoms with Gasteiger partial charge in [0.1, 0.15) is 18.0 Å². The van der Waals surface area contributed by atoms with E-state index in [4.69, 9.17) is 9.47 Å². The first kappa shape index (κ1) is 24.6. The average Bonchev–Trinajstić information content (AvgIpc) is 2.94. The zero-order chi connectivity index (χ0) is 24.9. The minimum Gasteiger partial charge on any atom is -0.449 e. The van der Waals surface area contributed by atoms with Crippen LogP contribution in [0.5, 0.6) is 5.75 Å². The van der Waals surface area contributed by atoms with Crippen molar-refractivity contribution in [2.75, 3.05) is 6.61 Å². The molecular weight excluding hydrogens is 444 g/mol. The first-order valence-electron chi connectivity index (χ1n) is 11.6. The van der Waals surface area contributed by atoms with Crippen LogP contribution in [0.25, 0.3) is 0 Å². The molecule has 0 heterocycles. The molecule has 4 aromatic carbocycles. The average molecular weight is 471 g/mol. The molecule has 0 aliphatic rings. The molecule has 36 heavy (non-hydrogen) atoms. The minimum atomic E-state index is -1.45. The van der Waals surface area contributed by atoms with Crippen molar-refractivity contribution >= 4 is 0 Å². The van der Waals surface area contributed by atoms with Crippen LogP contribution in [0, 0.1) is 23.7 Å². The van der Waals surface area contributed by atoms with E-state index in [1.807, 2.05) is 121 Å². The van der Waals surface area contributed by atoms with Crippen molar-refractivity contribution in [2.24, 2.45) is 0 Å². The van der Waals surface area contributed by atoms with Crippen molar-refractivity contribution in [3.8, 4) is 29.4 Å². The lowest BCUT2D eigenvalue weighted by Crippen LogP contribution is -2.25. The minimum absolute atomic E-state index is 0.264. The van der Waals surface area contributed by atoms with Crippen LogP contribution in [0.2, 0.25) is 0 Å². The van der Waals surface area contributed by atoms with Crippen molar-refractivity contribution < 1.29 is 14.6 Å². The molecule has 3 nitrogen and oxygen atoms in total. The van der Waals surface area contributed by atoms with Crippen molar-refractivity contribution in [1.29, 1.82) is 0 Å². The second-order valence-corrected chi connectivity index (χ2v) is 7.95. The highest BCUT2D eigenvalue weighted by molar-refractivity contribution is 5.45. The molecule has 0 bridgehead atoms. The molecule has 0 fully saturated rings. The Morgan fingerprint density at radius 2 is 1.22 bits per heavy atom. The second kappa shape index (κ2) is 12.8. The Morgan fingerprint density at radius 3 is 1.81 bits per heavy atom. The standard InChI is InChI=1S/C33H26O3/c34-33(29-18-8-2-9-19-29,30-20-10-3-11-21-30)26-32(36-31-22-12-4-13-23-31)24-14-5-15-25-35-27-28-16-6-1-7-17-28/h1-4,6-13,16-23,26,34H,25,27H2/b32-26-. The third kappa shape index (κ3) is 6.98. The highest BCUT2D eigenvalue weighted by Gasteiger charge is 2.30. The van der Waals surface area contributed by atoms with Gasteiger partial charge in [-0.1, -0.05) is 115 Å². The van der Waals surface area contributed by atoms with Gasteiger partial charge in [0.25, 0.3) is 0 Å². The maximum absolute atomic E-state index is 11.9. The zero-order valence-corrected chi connectivity index (χ0v) is 19.8. The van der Waals surface area contributed by atoms with Gasteiger partial charge in [0, 0.05) is 6.08 Å². The van der Waals surface area contributed by atoms with E-state index in [2.05, 4.69) is 23.7 Å². The van der Waals surface area contributed by atoms with Gasteiger partial charge in [-0.25, -0.2) is 0 Å². The first-order chi connectivity index (χ1) is 17.7. The van der Waals surface area contributed by atoms with Gasteiger partial charge in [-0.15, -0.1) is 0 Å². The lowest BCUT2D eigenvalue weighted by molar-refractivity contribution is 0.131. The Hall–Kier alpha value is -4.54. The fourth-order valence-corrected chi connectivity index (χ4v) is 3.58. The third-order valence-electron chi connectivity index (χ3n) is 5.36. The maximum Gasteiger partial charge on any atom is 0.177 e. The van der Waals surface area contributed by atoms with Crippen LogP contribution in [0.4, 0.5) is 0 Å². The highest BCUT2D eigenvalue weighted by Crippen LogP contribution is 2.32. The van der Waals surface area contributed by atoms with E-state index in [0.717, 1.165) is 5.56 Å². The molecule has 0 saturated heterocycles. The summed E-state index contributed by atoms with van der Waals surface area (Å²) in [5.41, 5.74) is 1.04. The summed E-state index contributed by atoms with van der Waals surface area (Å²) in [7, 11) is 0. The molecule has 4 aromatic rings. The summed E-state index contributed by atoms with van der Waals surface area (Å²) in [6.07, 6.45) is 1.63. The lowest BCUT2D eigenvalue weighted by atomic mass is 9.85. The Morgan fingerprint density at radius 1 is 0.694 bits per heavy atom. The molecule has 0 unspecified atom stereocenters. The van der Waals surface area contributed by atoms with E-state index >= 15 is 0 Å². The fraction of sp³-hybridized carbons (Fsp3) is 0.0909. The highest BCUT2D eigenvalue weighted by atomic mass is 16.5. The molecule has 0 saturated carbocycles. The predicted molar refractivity (Wildman–Crippen MR) is 143 cm³/mol. The number of hydrogen-bond donors (Lipinski definition) is 1. The van der Waals surface area contributed by atoms with Crippen molar-refractivity contribution in [3.63, 3.8) is 0 Å². The molecule has 0 aliphatic carbocycles. The van der Waals surface area contributed by atoms with E-state index in [9.17, 15) is 5.11 Å². The van der Waals surface area contributed by atoms with Gasteiger partial charge in [-0.3, -0.25) is 0 Å². The van der Waals surface area contributed by atoms with Gasteiger partial charge < -0.3 is 14.6 Å². The number of hydrogen-bond acceptors (Lipinski definition) is 3. The van der Waals surface area contributed by atoms with Crippen LogP contribution in [0.3, 0.4) is 0 Å². The summed E-state index contributed by atoms with van der Waals surface area (Å²) < 4.78 is 11.7. The van der Waals surface area contributed by atoms with Gasteiger partial charge in [-0.2, -0.15) is 0 Å². The Balaban J connectivity index is 1.60. The van der Waals surface area contributed by atoms with Crippen LogP contribution in [-0.4, -0.2) is 11.7 Å². The monoisotopic (exact) mass is 470 g/mol. The van der Waals surface area contributed by atoms with Gasteiger partial charge in [0.05, 0.1) is 6.61 Å². The predicted octanol–water partition coefficient (Wildman–Crippen LogP) is 6.11. The Bertz CT molecular complexity index is 1330. The number of rotatable bonds is 8. The molecule has 0 aliphatic heterocycles. The number of aliphatic hydroxyl groups is 1. The molecule has 0 radical (unpaired) electrons. The molecule has 176 valence electrons. The SMILES string of the molecule is OC(/C=C(/C#CC#CCOCc1ccccc1)Oc1ccccc1)(c1ccccc1)c1ccccc1.